The summed E-state index contributed by atoms with van der Waals surface area (Å²) in [6.07, 6.45) is 1.02. The van der Waals surface area contributed by atoms with Crippen LogP contribution in [0.2, 0.25) is 0 Å². The minimum absolute atomic E-state index is 0.0494. The average Bonchev–Trinajstić information content (AvgIpc) is 3.73. The quantitative estimate of drug-likeness (QED) is 0.166. The summed E-state index contributed by atoms with van der Waals surface area (Å²) in [5.41, 5.74) is 2.94. The fourth-order valence-electron chi connectivity index (χ4n) is 8.35. The number of benzene rings is 3. The number of allylic oxidation sites excluding steroid dienone is 2. The smallest absolute Gasteiger partial charge is 0.440 e. The first-order chi connectivity index (χ1) is 23.8. The number of ketones is 1. The summed E-state index contributed by atoms with van der Waals surface area (Å²) in [5, 5.41) is 11.9. The van der Waals surface area contributed by atoms with E-state index >= 15 is 0 Å². The van der Waals surface area contributed by atoms with Crippen molar-refractivity contribution in [1.29, 1.82) is 0 Å². The molecular formula is C40H40F3NO5S. The summed E-state index contributed by atoms with van der Waals surface area (Å²) < 4.78 is 49.6. The Morgan fingerprint density at radius 3 is 2.60 bits per heavy atom. The summed E-state index contributed by atoms with van der Waals surface area (Å²) in [6.45, 7) is 4.78. The highest BCUT2D eigenvalue weighted by atomic mass is 32.1. The number of rotatable bonds is 5. The second-order valence-electron chi connectivity index (χ2n) is 14.3. The van der Waals surface area contributed by atoms with Crippen molar-refractivity contribution in [2.75, 3.05) is 6.54 Å². The van der Waals surface area contributed by atoms with Gasteiger partial charge in [0.25, 0.3) is 0 Å². The number of alkyl halides is 3. The Labute approximate surface area is 293 Å². The van der Waals surface area contributed by atoms with Crippen molar-refractivity contribution in [3.63, 3.8) is 0 Å². The maximum absolute atomic E-state index is 14.5. The molecule has 1 amide bonds. The normalized spacial score (nSPS) is 25.8. The molecule has 10 heteroatoms. The van der Waals surface area contributed by atoms with Crippen LogP contribution < -0.4 is 4.74 Å². The Kier molecular flexibility index (Phi) is 9.05. The first-order valence-electron chi connectivity index (χ1n) is 17.1. The van der Waals surface area contributed by atoms with E-state index in [4.69, 9.17) is 4.74 Å². The van der Waals surface area contributed by atoms with Crippen molar-refractivity contribution >= 4 is 33.3 Å². The molecule has 50 heavy (non-hydrogen) atoms. The van der Waals surface area contributed by atoms with E-state index in [-0.39, 0.29) is 24.0 Å². The van der Waals surface area contributed by atoms with E-state index in [9.17, 15) is 27.9 Å². The SMILES string of the molecule is CC1=CCC[C@@]2(C)[C@@H](CC[C@@]23CN(Cc2ccc(OC(F)(F)F)cc2)C(=O)O3)c2ccc(cc2C(=O)c2cc3ccccc3s2)C[C@@H](O)CC1. The number of nitrogens with zero attached hydrogens (tertiary/aromatic N) is 1. The number of ether oxygens (including phenoxy) is 2. The van der Waals surface area contributed by atoms with Crippen molar-refractivity contribution in [3.8, 4) is 5.75 Å². The maximum Gasteiger partial charge on any atom is 0.573 e. The van der Waals surface area contributed by atoms with Gasteiger partial charge in [0, 0.05) is 22.2 Å². The van der Waals surface area contributed by atoms with Crippen LogP contribution in [0.15, 0.2) is 84.4 Å². The van der Waals surface area contributed by atoms with Gasteiger partial charge in [0.15, 0.2) is 0 Å². The fraction of sp³-hybridized carbons (Fsp3) is 0.400. The topological polar surface area (TPSA) is 76.1 Å². The van der Waals surface area contributed by atoms with Crippen LogP contribution in [0.5, 0.6) is 5.75 Å². The van der Waals surface area contributed by atoms with Gasteiger partial charge >= 0.3 is 12.5 Å². The Morgan fingerprint density at radius 2 is 1.84 bits per heavy atom. The van der Waals surface area contributed by atoms with Gasteiger partial charge in [0.2, 0.25) is 5.78 Å². The van der Waals surface area contributed by atoms with Gasteiger partial charge in [-0.1, -0.05) is 61.0 Å². The van der Waals surface area contributed by atoms with Crippen molar-refractivity contribution in [2.24, 2.45) is 5.41 Å². The zero-order chi connectivity index (χ0) is 35.3. The van der Waals surface area contributed by atoms with Crippen molar-refractivity contribution in [2.45, 2.75) is 89.3 Å². The second-order valence-corrected chi connectivity index (χ2v) is 15.4. The fourth-order valence-corrected chi connectivity index (χ4v) is 9.36. The number of fused-ring (bicyclic) bond motifs is 9. The summed E-state index contributed by atoms with van der Waals surface area (Å²) in [7, 11) is 0. The number of hydrogen-bond acceptors (Lipinski definition) is 6. The summed E-state index contributed by atoms with van der Waals surface area (Å²) in [4.78, 5) is 30.3. The molecule has 0 radical (unpaired) electrons. The molecule has 2 heterocycles. The van der Waals surface area contributed by atoms with E-state index in [1.54, 1.807) is 4.90 Å². The molecular weight excluding hydrogens is 664 g/mol. The number of carbonyl (C=O) groups is 2. The minimum Gasteiger partial charge on any atom is -0.440 e. The van der Waals surface area contributed by atoms with Crippen LogP contribution in [0, 0.1) is 5.41 Å². The zero-order valence-electron chi connectivity index (χ0n) is 28.1. The van der Waals surface area contributed by atoms with Crippen LogP contribution in [0.25, 0.3) is 10.1 Å². The molecule has 1 aromatic heterocycles. The monoisotopic (exact) mass is 703 g/mol. The molecule has 0 unspecified atom stereocenters. The van der Waals surface area contributed by atoms with Gasteiger partial charge in [0.05, 0.1) is 17.5 Å². The van der Waals surface area contributed by atoms with Crippen LogP contribution in [-0.2, 0) is 17.7 Å². The van der Waals surface area contributed by atoms with Crippen LogP contribution in [0.3, 0.4) is 0 Å². The Hall–Kier alpha value is -4.15. The molecule has 3 aliphatic carbocycles. The molecule has 2 fully saturated rings. The largest absolute Gasteiger partial charge is 0.573 e. The first-order valence-corrected chi connectivity index (χ1v) is 18.0. The van der Waals surface area contributed by atoms with Crippen molar-refractivity contribution < 1.29 is 37.3 Å². The van der Waals surface area contributed by atoms with Crippen molar-refractivity contribution in [3.05, 3.63) is 112 Å². The van der Waals surface area contributed by atoms with E-state index in [0.717, 1.165) is 34.1 Å². The molecule has 1 saturated carbocycles. The highest BCUT2D eigenvalue weighted by Crippen LogP contribution is 2.62. The maximum atomic E-state index is 14.5. The second kappa shape index (κ2) is 13.2. The molecule has 1 saturated heterocycles. The van der Waals surface area contributed by atoms with Gasteiger partial charge in [-0.2, -0.15) is 0 Å². The third-order valence-electron chi connectivity index (χ3n) is 11.1. The van der Waals surface area contributed by atoms with Gasteiger partial charge in [-0.05, 0) is 110 Å². The lowest BCUT2D eigenvalue weighted by molar-refractivity contribution is -0.274. The van der Waals surface area contributed by atoms with Crippen LogP contribution in [0.4, 0.5) is 18.0 Å². The zero-order valence-corrected chi connectivity index (χ0v) is 28.9. The molecule has 1 spiro atoms. The highest BCUT2D eigenvalue weighted by molar-refractivity contribution is 7.21. The molecule has 4 aromatic rings. The van der Waals surface area contributed by atoms with E-state index < -0.39 is 29.6 Å². The lowest BCUT2D eigenvalue weighted by Crippen LogP contribution is -2.48. The van der Waals surface area contributed by atoms with Gasteiger partial charge < -0.3 is 14.6 Å². The van der Waals surface area contributed by atoms with E-state index in [0.29, 0.717) is 54.7 Å². The Morgan fingerprint density at radius 1 is 1.06 bits per heavy atom. The molecule has 262 valence electrons. The van der Waals surface area contributed by atoms with E-state index in [1.165, 1.54) is 41.2 Å². The molecule has 2 bridgehead atoms. The number of hydrogen-bond donors (Lipinski definition) is 1. The van der Waals surface area contributed by atoms with Gasteiger partial charge in [-0.25, -0.2) is 4.79 Å². The minimum atomic E-state index is -4.79. The number of halogens is 3. The van der Waals surface area contributed by atoms with E-state index in [1.807, 2.05) is 42.5 Å². The van der Waals surface area contributed by atoms with Gasteiger partial charge in [-0.15, -0.1) is 24.5 Å². The first kappa shape index (κ1) is 34.3. The summed E-state index contributed by atoms with van der Waals surface area (Å²) >= 11 is 1.48. The molecule has 3 aromatic carbocycles. The molecule has 1 aliphatic heterocycles. The summed E-state index contributed by atoms with van der Waals surface area (Å²) in [5.74, 6) is -0.470. The summed E-state index contributed by atoms with van der Waals surface area (Å²) in [6, 6.07) is 21.5. The lowest BCUT2D eigenvalue weighted by atomic mass is 9.65. The molecule has 6 nitrogen and oxygen atoms in total. The third kappa shape index (κ3) is 6.67. The molecule has 8 rings (SSSR count). The predicted octanol–water partition coefficient (Wildman–Crippen LogP) is 9.73. The van der Waals surface area contributed by atoms with Gasteiger partial charge in [-0.3, -0.25) is 9.69 Å². The number of aliphatic hydroxyl groups is 1. The number of carbonyl (C=O) groups excluding carboxylic acids is 2. The predicted molar refractivity (Wildman–Crippen MR) is 186 cm³/mol. The Balaban J connectivity index is 1.25. The van der Waals surface area contributed by atoms with Crippen LogP contribution in [-0.4, -0.2) is 46.5 Å². The molecule has 4 atom stereocenters. The standard InChI is InChI=1S/C40H40F3NO5S/c1-25-6-5-18-38(2)33(17-19-39(38)24-44(37(47)49-39)23-26-10-14-30(15-11-26)48-40(41,42)43)31-16-12-27(20-29(45)13-9-25)21-32(31)36(46)35-22-28-7-3-4-8-34(28)50-35/h3-4,6-8,10-12,14-16,21-22,29,33,45H,5,9,13,17-20,23-24H2,1-2H3/t29-,33-,38-,39+/m0/s1. The number of thiophene rings is 1. The van der Waals surface area contributed by atoms with Gasteiger partial charge in [0.1, 0.15) is 11.4 Å². The average molecular weight is 704 g/mol. The number of aliphatic hydroxyl groups excluding tert-OH is 1. The van der Waals surface area contributed by atoms with Crippen LogP contribution >= 0.6 is 11.3 Å². The molecule has 1 N–H and O–H groups in total. The van der Waals surface area contributed by atoms with E-state index in [2.05, 4.69) is 30.7 Å². The lowest BCUT2D eigenvalue weighted by Gasteiger charge is -2.43. The van der Waals surface area contributed by atoms with Crippen molar-refractivity contribution in [1.82, 2.24) is 4.90 Å². The molecule has 4 aliphatic rings. The number of amides is 1. The third-order valence-corrected chi connectivity index (χ3v) is 12.2. The highest BCUT2D eigenvalue weighted by Gasteiger charge is 2.64. The van der Waals surface area contributed by atoms with Crippen LogP contribution in [0.1, 0.15) is 90.2 Å². The Bertz CT molecular complexity index is 1920.